The molecular formula is C31H47NO8. The molecule has 3 rings (SSSR count). The number of amides is 1. The van der Waals surface area contributed by atoms with Crippen LogP contribution in [0.2, 0.25) is 0 Å². The molecule has 3 fully saturated rings. The van der Waals surface area contributed by atoms with Crippen LogP contribution in [0, 0.1) is 11.3 Å². The number of carbonyl (C=O) groups excluding carboxylic acids is 3. The van der Waals surface area contributed by atoms with Gasteiger partial charge in [-0.15, -0.1) is 0 Å². The van der Waals surface area contributed by atoms with Crippen LogP contribution in [-0.4, -0.2) is 74.7 Å². The molecule has 9 nitrogen and oxygen atoms in total. The van der Waals surface area contributed by atoms with Crippen molar-refractivity contribution in [3.8, 4) is 0 Å². The second kappa shape index (κ2) is 14.4. The van der Waals surface area contributed by atoms with Crippen LogP contribution in [-0.2, 0) is 38.1 Å². The summed E-state index contributed by atoms with van der Waals surface area (Å²) in [6.45, 7) is 9.23. The Hall–Kier alpha value is -2.49. The number of esters is 2. The van der Waals surface area contributed by atoms with Gasteiger partial charge in [0, 0.05) is 25.5 Å². The van der Waals surface area contributed by atoms with Crippen LogP contribution in [0.4, 0.5) is 0 Å². The van der Waals surface area contributed by atoms with Gasteiger partial charge < -0.3 is 29.0 Å². The minimum Gasteiger partial charge on any atom is -0.469 e. The van der Waals surface area contributed by atoms with Crippen LogP contribution >= 0.6 is 0 Å². The van der Waals surface area contributed by atoms with Crippen LogP contribution in [0.1, 0.15) is 73.1 Å². The SMILES string of the molecule is COC(=O)C[C@@H]1CC2(CC2)[C@H](OC)[C@@H](/C=C/C(C)=C/C[C@@H]2O[C@H](C)[C@H](NC(=O)/C=C\[C@H](C)OC(C)=O)C[C@@H]2C)O1. The minimum atomic E-state index is -0.461. The van der Waals surface area contributed by atoms with Gasteiger partial charge in [0.2, 0.25) is 5.91 Å². The lowest BCUT2D eigenvalue weighted by atomic mass is 9.84. The quantitative estimate of drug-likeness (QED) is 0.227. The van der Waals surface area contributed by atoms with Gasteiger partial charge in [0.05, 0.1) is 44.0 Å². The lowest BCUT2D eigenvalue weighted by Crippen LogP contribution is -2.50. The van der Waals surface area contributed by atoms with E-state index in [-0.39, 0.29) is 72.2 Å². The third-order valence-corrected chi connectivity index (χ3v) is 8.29. The summed E-state index contributed by atoms with van der Waals surface area (Å²) in [7, 11) is 3.14. The van der Waals surface area contributed by atoms with Gasteiger partial charge in [-0.25, -0.2) is 0 Å². The molecule has 3 aliphatic rings. The Morgan fingerprint density at radius 1 is 1.10 bits per heavy atom. The first-order valence-electron chi connectivity index (χ1n) is 14.4. The number of nitrogens with one attached hydrogen (secondary N) is 1. The lowest BCUT2D eigenvalue weighted by Gasteiger charge is -2.40. The van der Waals surface area contributed by atoms with Crippen LogP contribution in [0.3, 0.4) is 0 Å². The monoisotopic (exact) mass is 561 g/mol. The summed E-state index contributed by atoms with van der Waals surface area (Å²) in [6, 6.07) is -0.0977. The molecular weight excluding hydrogens is 514 g/mol. The zero-order valence-electron chi connectivity index (χ0n) is 25.0. The molecule has 40 heavy (non-hydrogen) atoms. The van der Waals surface area contributed by atoms with Crippen LogP contribution < -0.4 is 5.32 Å². The van der Waals surface area contributed by atoms with Gasteiger partial charge in [0.25, 0.3) is 0 Å². The van der Waals surface area contributed by atoms with Crippen LogP contribution in [0.15, 0.2) is 36.0 Å². The maximum absolute atomic E-state index is 12.4. The maximum Gasteiger partial charge on any atom is 0.308 e. The van der Waals surface area contributed by atoms with Crippen molar-refractivity contribution >= 4 is 17.8 Å². The van der Waals surface area contributed by atoms with Gasteiger partial charge in [-0.1, -0.05) is 30.7 Å². The molecule has 2 aliphatic heterocycles. The van der Waals surface area contributed by atoms with Gasteiger partial charge in [0.15, 0.2) is 0 Å². The minimum absolute atomic E-state index is 0.0279. The first-order valence-corrected chi connectivity index (χ1v) is 14.4. The van der Waals surface area contributed by atoms with E-state index < -0.39 is 6.10 Å². The first-order chi connectivity index (χ1) is 19.0. The molecule has 1 amide bonds. The van der Waals surface area contributed by atoms with Crippen molar-refractivity contribution in [2.75, 3.05) is 14.2 Å². The molecule has 0 aromatic carbocycles. The van der Waals surface area contributed by atoms with E-state index >= 15 is 0 Å². The predicted molar refractivity (Wildman–Crippen MR) is 150 cm³/mol. The predicted octanol–water partition coefficient (Wildman–Crippen LogP) is 4.20. The zero-order chi connectivity index (χ0) is 29.4. The standard InChI is InChI=1S/C31H47NO8/c1-19(9-12-27-30(37-7)31(14-15-31)18-24(40-27)17-29(35)36-6)8-11-26-20(2)16-25(22(4)39-26)32-28(34)13-10-21(3)38-23(5)33/h8-10,12-13,20-22,24-27,30H,11,14-18H2,1-7H3,(H,32,34)/b12-9+,13-10-,19-8+/t20-,21-,22+,24+,25+,26-,27+,30+/m0/s1. The summed E-state index contributed by atoms with van der Waals surface area (Å²) in [5.41, 5.74) is 1.19. The van der Waals surface area contributed by atoms with Crippen molar-refractivity contribution in [1.82, 2.24) is 5.32 Å². The Bertz CT molecular complexity index is 984. The van der Waals surface area contributed by atoms with Crippen molar-refractivity contribution in [3.63, 3.8) is 0 Å². The second-order valence-corrected chi connectivity index (χ2v) is 11.7. The fraction of sp³-hybridized carbons (Fsp3) is 0.710. The van der Waals surface area contributed by atoms with E-state index in [1.54, 1.807) is 20.1 Å². The summed E-state index contributed by atoms with van der Waals surface area (Å²) in [5, 5.41) is 3.02. The van der Waals surface area contributed by atoms with Crippen molar-refractivity contribution in [1.29, 1.82) is 0 Å². The summed E-state index contributed by atoms with van der Waals surface area (Å²) in [4.78, 5) is 35.3. The molecule has 0 bridgehead atoms. The Balaban J connectivity index is 1.52. The molecule has 1 spiro atoms. The summed E-state index contributed by atoms with van der Waals surface area (Å²) >= 11 is 0. The smallest absolute Gasteiger partial charge is 0.308 e. The van der Waals surface area contributed by atoms with Gasteiger partial charge >= 0.3 is 11.9 Å². The van der Waals surface area contributed by atoms with E-state index in [2.05, 4.69) is 37.4 Å². The Kier molecular flexibility index (Phi) is 11.5. The highest BCUT2D eigenvalue weighted by atomic mass is 16.6. The Morgan fingerprint density at radius 2 is 1.82 bits per heavy atom. The highest BCUT2D eigenvalue weighted by Gasteiger charge is 2.57. The number of allylic oxidation sites excluding steroid dienone is 2. The number of rotatable bonds is 11. The molecule has 0 radical (unpaired) electrons. The molecule has 2 heterocycles. The van der Waals surface area contributed by atoms with E-state index in [1.807, 2.05) is 6.92 Å². The highest BCUT2D eigenvalue weighted by Crippen LogP contribution is 2.57. The summed E-state index contributed by atoms with van der Waals surface area (Å²) in [5.74, 6) is -0.610. The molecule has 0 aromatic rings. The van der Waals surface area contributed by atoms with E-state index in [9.17, 15) is 14.4 Å². The number of ether oxygens (including phenoxy) is 5. The van der Waals surface area contributed by atoms with E-state index in [0.717, 1.165) is 37.7 Å². The van der Waals surface area contributed by atoms with Crippen molar-refractivity contribution in [2.45, 2.75) is 116 Å². The summed E-state index contributed by atoms with van der Waals surface area (Å²) in [6.07, 6.45) is 13.1. The van der Waals surface area contributed by atoms with Gasteiger partial charge in [0.1, 0.15) is 12.2 Å². The average Bonchev–Trinajstić information content (AvgIpc) is 3.65. The Morgan fingerprint density at radius 3 is 2.45 bits per heavy atom. The van der Waals surface area contributed by atoms with E-state index in [1.165, 1.54) is 20.1 Å². The highest BCUT2D eigenvalue weighted by molar-refractivity contribution is 5.87. The molecule has 0 unspecified atom stereocenters. The summed E-state index contributed by atoms with van der Waals surface area (Å²) < 4.78 is 28.3. The van der Waals surface area contributed by atoms with Crippen molar-refractivity contribution < 1.29 is 38.1 Å². The van der Waals surface area contributed by atoms with Gasteiger partial charge in [-0.2, -0.15) is 0 Å². The first kappa shape index (κ1) is 32.0. The van der Waals surface area contributed by atoms with Crippen LogP contribution in [0.5, 0.6) is 0 Å². The average molecular weight is 562 g/mol. The number of hydrogen-bond donors (Lipinski definition) is 1. The molecule has 2 saturated heterocycles. The fourth-order valence-electron chi connectivity index (χ4n) is 5.91. The van der Waals surface area contributed by atoms with Crippen molar-refractivity contribution in [2.24, 2.45) is 11.3 Å². The van der Waals surface area contributed by atoms with Crippen molar-refractivity contribution in [3.05, 3.63) is 36.0 Å². The van der Waals surface area contributed by atoms with Gasteiger partial charge in [-0.05, 0) is 64.9 Å². The second-order valence-electron chi connectivity index (χ2n) is 11.7. The molecule has 224 valence electrons. The number of hydrogen-bond acceptors (Lipinski definition) is 8. The Labute approximate surface area is 238 Å². The van der Waals surface area contributed by atoms with E-state index in [4.69, 9.17) is 23.7 Å². The number of carbonyl (C=O) groups is 3. The molecule has 9 heteroatoms. The molecule has 0 aromatic heterocycles. The topological polar surface area (TPSA) is 109 Å². The molecule has 1 N–H and O–H groups in total. The van der Waals surface area contributed by atoms with E-state index in [0.29, 0.717) is 0 Å². The van der Waals surface area contributed by atoms with Crippen LogP contribution in [0.25, 0.3) is 0 Å². The fourth-order valence-corrected chi connectivity index (χ4v) is 5.91. The normalized spacial score (nSPS) is 32.7. The third-order valence-electron chi connectivity index (χ3n) is 8.29. The third kappa shape index (κ3) is 9.01. The van der Waals surface area contributed by atoms with Gasteiger partial charge in [-0.3, -0.25) is 14.4 Å². The maximum atomic E-state index is 12.4. The zero-order valence-corrected chi connectivity index (χ0v) is 25.0. The lowest BCUT2D eigenvalue weighted by molar-refractivity contribution is -0.163. The molecule has 1 saturated carbocycles. The molecule has 8 atom stereocenters. The molecule has 1 aliphatic carbocycles. The number of methoxy groups -OCH3 is 2. The largest absolute Gasteiger partial charge is 0.469 e.